The fraction of sp³-hybridized carbons (Fsp3) is 0. The number of nitrogens with zero attached hydrogens (tertiary/aromatic N) is 2. The smallest absolute Gasteiger partial charge is 0.255 e. The molecule has 0 bridgehead atoms. The van der Waals surface area contributed by atoms with Gasteiger partial charge in [0.05, 0.1) is 0 Å². The summed E-state index contributed by atoms with van der Waals surface area (Å²) in [5.74, 6) is 4.35. The lowest BCUT2D eigenvalue weighted by atomic mass is 10.9. The zero-order chi connectivity index (χ0) is 5.28. The minimum absolute atomic E-state index is 0.539. The molecule has 0 spiro atoms. The molecular weight excluding hydrogens is 98.0 g/mol. The summed E-state index contributed by atoms with van der Waals surface area (Å²) in [7, 11) is 0. The van der Waals surface area contributed by atoms with Crippen LogP contribution in [-0.4, -0.2) is 5.27 Å². The molecule has 1 aromatic heterocycles. The predicted octanol–water partition coefficient (Wildman–Crippen LogP) is -2.25. The Hall–Kier alpha value is -1.26. The Kier molecular flexibility index (Phi) is 0.619. The Morgan fingerprint density at radius 1 is 2.00 bits per heavy atom. The van der Waals surface area contributed by atoms with Crippen LogP contribution in [0, 0.1) is 0 Å². The van der Waals surface area contributed by atoms with Gasteiger partial charge in [0, 0.05) is 4.79 Å². The molecule has 0 aliphatic carbocycles. The van der Waals surface area contributed by atoms with E-state index in [9.17, 15) is 5.11 Å². The first-order valence-corrected chi connectivity index (χ1v) is 1.60. The first-order valence-electron chi connectivity index (χ1n) is 1.60. The van der Waals surface area contributed by atoms with Gasteiger partial charge in [0.25, 0.3) is 6.20 Å². The van der Waals surface area contributed by atoms with Crippen LogP contribution < -0.4 is 15.7 Å². The lowest BCUT2D eigenvalue weighted by Gasteiger charge is -1.74. The van der Waals surface area contributed by atoms with Crippen LogP contribution in [0.1, 0.15) is 0 Å². The number of hydrogen-bond donors (Lipinski definition) is 1. The van der Waals surface area contributed by atoms with E-state index in [2.05, 4.69) is 9.79 Å². The Bertz CT molecular complexity index is 143. The molecule has 0 aliphatic rings. The van der Waals surface area contributed by atoms with Crippen molar-refractivity contribution in [3.05, 3.63) is 6.20 Å². The normalized spacial score (nSPS) is 9.14. The van der Waals surface area contributed by atoms with Crippen LogP contribution in [-0.2, 0) is 0 Å². The van der Waals surface area contributed by atoms with Gasteiger partial charge >= 0.3 is 0 Å². The fourth-order valence-corrected chi connectivity index (χ4v) is 0.243. The van der Waals surface area contributed by atoms with Gasteiger partial charge in [-0.15, -0.1) is 0 Å². The van der Waals surface area contributed by atoms with E-state index < -0.39 is 5.95 Å². The van der Waals surface area contributed by atoms with Crippen molar-refractivity contribution in [3.8, 4) is 5.95 Å². The quantitative estimate of drug-likeness (QED) is 0.295. The average Bonchev–Trinajstić information content (AvgIpc) is 1.87. The second-order valence-electron chi connectivity index (χ2n) is 1.00. The van der Waals surface area contributed by atoms with E-state index >= 15 is 0 Å². The van der Waals surface area contributed by atoms with Gasteiger partial charge < -0.3 is 9.63 Å². The van der Waals surface area contributed by atoms with E-state index in [1.165, 1.54) is 0 Å². The summed E-state index contributed by atoms with van der Waals surface area (Å²) >= 11 is 0. The molecule has 0 atom stereocenters. The standard InChI is InChI=1S/C2H3N3O2/c3-5-1-2(6)7-4-5/h1H,(H2-,3,4,6). The molecule has 5 nitrogen and oxygen atoms in total. The van der Waals surface area contributed by atoms with Crippen molar-refractivity contribution in [2.75, 3.05) is 5.84 Å². The van der Waals surface area contributed by atoms with Crippen molar-refractivity contribution in [1.29, 1.82) is 0 Å². The molecule has 2 N–H and O–H groups in total. The number of nitrogen functional groups attached to an aromatic ring is 1. The molecule has 5 heteroatoms. The molecule has 1 heterocycles. The van der Waals surface area contributed by atoms with Gasteiger partial charge in [0.2, 0.25) is 0 Å². The first kappa shape index (κ1) is 3.91. The lowest BCUT2D eigenvalue weighted by Crippen LogP contribution is -2.45. The average molecular weight is 101 g/mol. The van der Waals surface area contributed by atoms with Crippen LogP contribution >= 0.6 is 0 Å². The SMILES string of the molecule is N[n+]1cc([O-])on1. The predicted molar refractivity (Wildman–Crippen MR) is 16.3 cm³/mol. The molecule has 1 rings (SSSR count). The molecule has 0 radical (unpaired) electrons. The highest BCUT2D eigenvalue weighted by atomic mass is 16.6. The maximum absolute atomic E-state index is 9.96. The summed E-state index contributed by atoms with van der Waals surface area (Å²) in [6.07, 6.45) is 1.03. The summed E-state index contributed by atoms with van der Waals surface area (Å²) in [4.78, 5) is 0.808. The van der Waals surface area contributed by atoms with E-state index in [4.69, 9.17) is 5.84 Å². The van der Waals surface area contributed by atoms with Gasteiger partial charge in [-0.2, -0.15) is 5.84 Å². The highest BCUT2D eigenvalue weighted by molar-refractivity contribution is 4.79. The van der Waals surface area contributed by atoms with Gasteiger partial charge in [-0.05, 0) is 0 Å². The summed E-state index contributed by atoms with van der Waals surface area (Å²) in [6, 6.07) is 0. The van der Waals surface area contributed by atoms with Crippen LogP contribution in [0.5, 0.6) is 5.95 Å². The number of rotatable bonds is 0. The highest BCUT2D eigenvalue weighted by Gasteiger charge is 1.90. The van der Waals surface area contributed by atoms with Crippen LogP contribution in [0.15, 0.2) is 10.7 Å². The van der Waals surface area contributed by atoms with Gasteiger partial charge in [-0.25, -0.2) is 0 Å². The van der Waals surface area contributed by atoms with E-state index in [0.29, 0.717) is 0 Å². The molecule has 0 aromatic carbocycles. The molecule has 7 heavy (non-hydrogen) atoms. The van der Waals surface area contributed by atoms with Crippen LogP contribution in [0.4, 0.5) is 0 Å². The maximum Gasteiger partial charge on any atom is 0.255 e. The highest BCUT2D eigenvalue weighted by Crippen LogP contribution is 1.89. The zero-order valence-electron chi connectivity index (χ0n) is 3.37. The fourth-order valence-electron chi connectivity index (χ4n) is 0.243. The van der Waals surface area contributed by atoms with Crippen molar-refractivity contribution in [1.82, 2.24) is 5.27 Å². The topological polar surface area (TPSA) is 79.0 Å². The molecule has 38 valence electrons. The zero-order valence-corrected chi connectivity index (χ0v) is 3.37. The molecule has 0 amide bonds. The second kappa shape index (κ2) is 1.11. The molecule has 0 fully saturated rings. The van der Waals surface area contributed by atoms with Crippen molar-refractivity contribution >= 4 is 0 Å². The van der Waals surface area contributed by atoms with Crippen LogP contribution in [0.2, 0.25) is 0 Å². The monoisotopic (exact) mass is 101 g/mol. The second-order valence-corrected chi connectivity index (χ2v) is 1.00. The molecular formula is C2H3N3O2. The molecule has 0 saturated heterocycles. The van der Waals surface area contributed by atoms with Crippen LogP contribution in [0.25, 0.3) is 0 Å². The van der Waals surface area contributed by atoms with Gasteiger partial charge in [-0.1, -0.05) is 0 Å². The largest absolute Gasteiger partial charge is 0.539 e. The Morgan fingerprint density at radius 3 is 2.86 bits per heavy atom. The molecule has 0 aliphatic heterocycles. The van der Waals surface area contributed by atoms with Crippen molar-refractivity contribution in [2.24, 2.45) is 0 Å². The van der Waals surface area contributed by atoms with Gasteiger partial charge in [0.15, 0.2) is 5.95 Å². The van der Waals surface area contributed by atoms with Crippen molar-refractivity contribution in [2.45, 2.75) is 0 Å². The molecule has 0 saturated carbocycles. The summed E-state index contributed by atoms with van der Waals surface area (Å²) in [5, 5.41) is 13.0. The van der Waals surface area contributed by atoms with Crippen molar-refractivity contribution in [3.63, 3.8) is 0 Å². The minimum Gasteiger partial charge on any atom is -0.539 e. The Labute approximate surface area is 38.9 Å². The summed E-state index contributed by atoms with van der Waals surface area (Å²) < 4.78 is 4.00. The van der Waals surface area contributed by atoms with Crippen LogP contribution in [0.3, 0.4) is 0 Å². The van der Waals surface area contributed by atoms with E-state index in [1.807, 2.05) is 0 Å². The third-order valence-corrected chi connectivity index (χ3v) is 0.463. The van der Waals surface area contributed by atoms with Crippen molar-refractivity contribution < 1.29 is 14.4 Å². The van der Waals surface area contributed by atoms with Gasteiger partial charge in [-0.3, -0.25) is 0 Å². The first-order chi connectivity index (χ1) is 3.29. The molecule has 0 unspecified atom stereocenters. The summed E-state index contributed by atoms with van der Waals surface area (Å²) in [6.45, 7) is 0. The Morgan fingerprint density at radius 2 is 2.71 bits per heavy atom. The number of hydrogen-bond acceptors (Lipinski definition) is 4. The summed E-state index contributed by atoms with van der Waals surface area (Å²) in [5.41, 5.74) is 0. The third kappa shape index (κ3) is 0.594. The number of aromatic nitrogens is 2. The van der Waals surface area contributed by atoms with E-state index in [1.54, 1.807) is 0 Å². The van der Waals surface area contributed by atoms with Gasteiger partial charge in [0.1, 0.15) is 5.27 Å². The minimum atomic E-state index is -0.539. The number of nitrogens with two attached hydrogens (primary N) is 1. The van der Waals surface area contributed by atoms with E-state index in [0.717, 1.165) is 11.0 Å². The van der Waals surface area contributed by atoms with E-state index in [-0.39, 0.29) is 0 Å². The molecule has 1 aromatic rings. The maximum atomic E-state index is 9.96. The lowest BCUT2D eigenvalue weighted by molar-refractivity contribution is -0.710. The Balaban J connectivity index is 3.04. The third-order valence-electron chi connectivity index (χ3n) is 0.463.